The first-order chi connectivity index (χ1) is 12.0. The molecule has 1 saturated heterocycles. The zero-order valence-electron chi connectivity index (χ0n) is 14.5. The highest BCUT2D eigenvalue weighted by Gasteiger charge is 2.27. The Labute approximate surface area is 146 Å². The molecule has 1 unspecified atom stereocenters. The molecule has 6 nitrogen and oxygen atoms in total. The number of nitrogens with one attached hydrogen (secondary N) is 1. The van der Waals surface area contributed by atoms with E-state index >= 15 is 0 Å². The molecule has 2 heterocycles. The first kappa shape index (κ1) is 17.3. The number of halogens is 1. The molecule has 2 amide bonds. The van der Waals surface area contributed by atoms with Crippen LogP contribution in [0.5, 0.6) is 5.75 Å². The van der Waals surface area contributed by atoms with Gasteiger partial charge in [0.05, 0.1) is 18.5 Å². The first-order valence-corrected chi connectivity index (χ1v) is 8.51. The molecule has 0 bridgehead atoms. The Hall–Kier alpha value is -2.57. The van der Waals surface area contributed by atoms with E-state index in [0.29, 0.717) is 37.1 Å². The van der Waals surface area contributed by atoms with Crippen LogP contribution in [0, 0.1) is 11.7 Å². The van der Waals surface area contributed by atoms with E-state index in [4.69, 9.17) is 4.74 Å². The Morgan fingerprint density at radius 1 is 1.48 bits per heavy atom. The molecular weight excluding hydrogens is 323 g/mol. The normalized spacial score (nSPS) is 16.9. The molecule has 1 fully saturated rings. The van der Waals surface area contributed by atoms with Crippen LogP contribution in [0.25, 0.3) is 0 Å². The number of urea groups is 1. The van der Waals surface area contributed by atoms with Crippen molar-refractivity contribution in [1.29, 1.82) is 0 Å². The second kappa shape index (κ2) is 7.55. The van der Waals surface area contributed by atoms with Crippen molar-refractivity contribution in [1.82, 2.24) is 14.7 Å². The third-order valence-electron chi connectivity index (χ3n) is 4.34. The molecule has 1 atom stereocenters. The third-order valence-corrected chi connectivity index (χ3v) is 4.34. The number of benzene rings is 1. The smallest absolute Gasteiger partial charge is 0.321 e. The Morgan fingerprint density at radius 3 is 3.04 bits per heavy atom. The Bertz CT molecular complexity index is 746. The molecule has 1 aromatic carbocycles. The lowest BCUT2D eigenvalue weighted by Gasteiger charge is -2.19. The maximum Gasteiger partial charge on any atom is 0.321 e. The molecule has 0 saturated carbocycles. The maximum absolute atomic E-state index is 13.4. The summed E-state index contributed by atoms with van der Waals surface area (Å²) >= 11 is 0. The SMILES string of the molecule is CCOc1cc(F)ccc1NC(=O)N1CCC(Cc2cnn(C)c2)C1. The highest BCUT2D eigenvalue weighted by atomic mass is 19.1. The first-order valence-electron chi connectivity index (χ1n) is 8.51. The van der Waals surface area contributed by atoms with E-state index in [9.17, 15) is 9.18 Å². The van der Waals surface area contributed by atoms with Gasteiger partial charge in [0.25, 0.3) is 0 Å². The fourth-order valence-corrected chi connectivity index (χ4v) is 3.16. The van der Waals surface area contributed by atoms with Crippen molar-refractivity contribution >= 4 is 11.7 Å². The van der Waals surface area contributed by atoms with E-state index in [1.807, 2.05) is 26.4 Å². The van der Waals surface area contributed by atoms with Crippen molar-refractivity contribution in [3.63, 3.8) is 0 Å². The number of rotatable bonds is 5. The summed E-state index contributed by atoms with van der Waals surface area (Å²) in [5.74, 6) is 0.385. The number of anilines is 1. The van der Waals surface area contributed by atoms with Gasteiger partial charge < -0.3 is 15.0 Å². The number of hydrogen-bond donors (Lipinski definition) is 1. The van der Waals surface area contributed by atoms with Gasteiger partial charge in [-0.25, -0.2) is 9.18 Å². The van der Waals surface area contributed by atoms with E-state index in [0.717, 1.165) is 12.8 Å². The molecule has 1 aromatic heterocycles. The predicted molar refractivity (Wildman–Crippen MR) is 93.2 cm³/mol. The number of carbonyl (C=O) groups excluding carboxylic acids is 1. The van der Waals surface area contributed by atoms with Crippen LogP contribution in [0.3, 0.4) is 0 Å². The van der Waals surface area contributed by atoms with Crippen LogP contribution < -0.4 is 10.1 Å². The average Bonchev–Trinajstić information content (AvgIpc) is 3.20. The monoisotopic (exact) mass is 346 g/mol. The number of aromatic nitrogens is 2. The topological polar surface area (TPSA) is 59.4 Å². The Balaban J connectivity index is 1.59. The molecule has 0 spiro atoms. The van der Waals surface area contributed by atoms with E-state index in [-0.39, 0.29) is 11.8 Å². The molecule has 25 heavy (non-hydrogen) atoms. The van der Waals surface area contributed by atoms with Crippen LogP contribution >= 0.6 is 0 Å². The molecular formula is C18H23FN4O2. The van der Waals surface area contributed by atoms with Gasteiger partial charge in [0.1, 0.15) is 11.6 Å². The van der Waals surface area contributed by atoms with Crippen LogP contribution in [-0.4, -0.2) is 40.4 Å². The van der Waals surface area contributed by atoms with Crippen LogP contribution in [0.1, 0.15) is 18.9 Å². The lowest BCUT2D eigenvalue weighted by Crippen LogP contribution is -2.33. The summed E-state index contributed by atoms with van der Waals surface area (Å²) in [5, 5.41) is 7.01. The molecule has 1 N–H and O–H groups in total. The number of hydrogen-bond acceptors (Lipinski definition) is 3. The molecule has 0 radical (unpaired) electrons. The highest BCUT2D eigenvalue weighted by Crippen LogP contribution is 2.27. The zero-order chi connectivity index (χ0) is 17.8. The van der Waals surface area contributed by atoms with E-state index in [2.05, 4.69) is 10.4 Å². The largest absolute Gasteiger partial charge is 0.492 e. The number of aryl methyl sites for hydroxylation is 1. The number of ether oxygens (including phenoxy) is 1. The summed E-state index contributed by atoms with van der Waals surface area (Å²) in [7, 11) is 1.90. The van der Waals surface area contributed by atoms with Crippen molar-refractivity contribution in [2.75, 3.05) is 25.0 Å². The van der Waals surface area contributed by atoms with E-state index < -0.39 is 0 Å². The minimum atomic E-state index is -0.390. The number of carbonyl (C=O) groups is 1. The Morgan fingerprint density at radius 2 is 2.32 bits per heavy atom. The number of nitrogens with zero attached hydrogens (tertiary/aromatic N) is 3. The average molecular weight is 346 g/mol. The second-order valence-electron chi connectivity index (χ2n) is 6.33. The Kier molecular flexibility index (Phi) is 5.21. The molecule has 7 heteroatoms. The fourth-order valence-electron chi connectivity index (χ4n) is 3.16. The summed E-state index contributed by atoms with van der Waals surface area (Å²) in [6.07, 6.45) is 5.76. The summed E-state index contributed by atoms with van der Waals surface area (Å²) in [4.78, 5) is 14.3. The molecule has 134 valence electrons. The summed E-state index contributed by atoms with van der Waals surface area (Å²) in [5.41, 5.74) is 1.68. The van der Waals surface area contributed by atoms with Crippen molar-refractivity contribution in [2.24, 2.45) is 13.0 Å². The number of likely N-dealkylation sites (tertiary alicyclic amines) is 1. The molecule has 0 aliphatic carbocycles. The molecule has 1 aliphatic rings. The minimum absolute atomic E-state index is 0.179. The second-order valence-corrected chi connectivity index (χ2v) is 6.33. The van der Waals surface area contributed by atoms with Crippen LogP contribution in [0.2, 0.25) is 0 Å². The quantitative estimate of drug-likeness (QED) is 0.905. The van der Waals surface area contributed by atoms with E-state index in [1.165, 1.54) is 23.8 Å². The van der Waals surface area contributed by atoms with Crippen molar-refractivity contribution in [3.8, 4) is 5.75 Å². The molecule has 1 aliphatic heterocycles. The van der Waals surface area contributed by atoms with Gasteiger partial charge in [0.15, 0.2) is 0 Å². The van der Waals surface area contributed by atoms with Crippen LogP contribution in [-0.2, 0) is 13.5 Å². The van der Waals surface area contributed by atoms with Gasteiger partial charge in [-0.2, -0.15) is 5.10 Å². The number of amides is 2. The van der Waals surface area contributed by atoms with Crippen molar-refractivity contribution < 1.29 is 13.9 Å². The van der Waals surface area contributed by atoms with Gasteiger partial charge in [-0.05, 0) is 43.4 Å². The van der Waals surface area contributed by atoms with Crippen molar-refractivity contribution in [3.05, 3.63) is 42.0 Å². The highest BCUT2D eigenvalue weighted by molar-refractivity contribution is 5.91. The summed E-state index contributed by atoms with van der Waals surface area (Å²) < 4.78 is 20.6. The summed E-state index contributed by atoms with van der Waals surface area (Å²) in [6, 6.07) is 3.95. The lowest BCUT2D eigenvalue weighted by atomic mass is 10.0. The van der Waals surface area contributed by atoms with Gasteiger partial charge in [-0.1, -0.05) is 0 Å². The van der Waals surface area contributed by atoms with Gasteiger partial charge in [0, 0.05) is 32.4 Å². The molecule has 3 rings (SSSR count). The van der Waals surface area contributed by atoms with E-state index in [1.54, 1.807) is 9.58 Å². The van der Waals surface area contributed by atoms with Gasteiger partial charge in [-0.15, -0.1) is 0 Å². The predicted octanol–water partition coefficient (Wildman–Crippen LogP) is 3.05. The van der Waals surface area contributed by atoms with Gasteiger partial charge in [0.2, 0.25) is 0 Å². The maximum atomic E-state index is 13.4. The summed E-state index contributed by atoms with van der Waals surface area (Å²) in [6.45, 7) is 3.64. The fraction of sp³-hybridized carbons (Fsp3) is 0.444. The van der Waals surface area contributed by atoms with Crippen LogP contribution in [0.15, 0.2) is 30.6 Å². The van der Waals surface area contributed by atoms with Gasteiger partial charge in [-0.3, -0.25) is 4.68 Å². The lowest BCUT2D eigenvalue weighted by molar-refractivity contribution is 0.220. The molecule has 2 aromatic rings. The standard InChI is InChI=1S/C18H23FN4O2/c1-3-25-17-9-15(19)4-5-16(17)21-18(24)23-7-6-13(12-23)8-14-10-20-22(2)11-14/h4-5,9-11,13H,3,6-8,12H2,1-2H3,(H,21,24). The third kappa shape index (κ3) is 4.29. The van der Waals surface area contributed by atoms with Crippen LogP contribution in [0.4, 0.5) is 14.9 Å². The van der Waals surface area contributed by atoms with Crippen molar-refractivity contribution in [2.45, 2.75) is 19.8 Å². The zero-order valence-corrected chi connectivity index (χ0v) is 14.5. The van der Waals surface area contributed by atoms with Gasteiger partial charge >= 0.3 is 6.03 Å². The minimum Gasteiger partial charge on any atom is -0.492 e.